The summed E-state index contributed by atoms with van der Waals surface area (Å²) in [6.07, 6.45) is 4.55. The number of benzene rings is 3. The molecular weight excluding hydrogens is 418 g/mol. The summed E-state index contributed by atoms with van der Waals surface area (Å²) in [4.78, 5) is 12.7. The number of nitriles is 1. The monoisotopic (exact) mass is 439 g/mol. The van der Waals surface area contributed by atoms with E-state index in [1.165, 1.54) is 5.56 Å². The standard InChI is InChI=1S/C27H22ClN3O/c1-2-19-9-13-24(14-10-19)30-27(32)21(16-29)15-22-18-31(26-6-4-3-5-25(22)26)17-20-7-11-23(28)12-8-20/h3-15,18H,2,17H2,1H3,(H,30,32). The summed E-state index contributed by atoms with van der Waals surface area (Å²) >= 11 is 6.01. The molecule has 1 aromatic heterocycles. The molecule has 4 rings (SSSR count). The second-order valence-corrected chi connectivity index (χ2v) is 7.97. The van der Waals surface area contributed by atoms with Crippen molar-refractivity contribution in [1.29, 1.82) is 5.26 Å². The van der Waals surface area contributed by atoms with E-state index in [9.17, 15) is 10.1 Å². The lowest BCUT2D eigenvalue weighted by atomic mass is 10.1. The van der Waals surface area contributed by atoms with Crippen LogP contribution in [0.3, 0.4) is 0 Å². The lowest BCUT2D eigenvalue weighted by Crippen LogP contribution is -2.13. The van der Waals surface area contributed by atoms with Gasteiger partial charge in [0.05, 0.1) is 0 Å². The van der Waals surface area contributed by atoms with Crippen molar-refractivity contribution in [3.05, 3.63) is 106 Å². The number of hydrogen-bond acceptors (Lipinski definition) is 2. The van der Waals surface area contributed by atoms with Crippen LogP contribution < -0.4 is 5.32 Å². The summed E-state index contributed by atoms with van der Waals surface area (Å²) in [5, 5.41) is 14.2. The minimum absolute atomic E-state index is 0.0546. The number of nitrogens with zero attached hydrogens (tertiary/aromatic N) is 2. The van der Waals surface area contributed by atoms with Crippen molar-refractivity contribution in [3.63, 3.8) is 0 Å². The Kier molecular flexibility index (Phi) is 6.39. The molecule has 1 amide bonds. The molecule has 3 aromatic carbocycles. The number of hydrogen-bond donors (Lipinski definition) is 1. The van der Waals surface area contributed by atoms with E-state index in [2.05, 4.69) is 16.8 Å². The van der Waals surface area contributed by atoms with Crippen LogP contribution in [0.1, 0.15) is 23.6 Å². The lowest BCUT2D eigenvalue weighted by Gasteiger charge is -2.05. The molecule has 4 aromatic rings. The van der Waals surface area contributed by atoms with Gasteiger partial charge in [-0.2, -0.15) is 5.26 Å². The van der Waals surface area contributed by atoms with Gasteiger partial charge in [-0.3, -0.25) is 4.79 Å². The van der Waals surface area contributed by atoms with Crippen LogP contribution in [0.4, 0.5) is 5.69 Å². The first kappa shape index (κ1) is 21.4. The van der Waals surface area contributed by atoms with E-state index in [4.69, 9.17) is 11.6 Å². The first-order valence-corrected chi connectivity index (χ1v) is 10.8. The largest absolute Gasteiger partial charge is 0.342 e. The molecule has 0 radical (unpaired) electrons. The SMILES string of the molecule is CCc1ccc(NC(=O)C(C#N)=Cc2cn(Cc3ccc(Cl)cc3)c3ccccc23)cc1. The van der Waals surface area contributed by atoms with Crippen LogP contribution in [0.5, 0.6) is 0 Å². The Morgan fingerprint density at radius 1 is 1.03 bits per heavy atom. The number of aryl methyl sites for hydroxylation is 1. The predicted molar refractivity (Wildman–Crippen MR) is 131 cm³/mol. The first-order chi connectivity index (χ1) is 15.6. The molecule has 0 aliphatic heterocycles. The molecule has 0 saturated carbocycles. The molecule has 4 nitrogen and oxygen atoms in total. The fraction of sp³-hybridized carbons (Fsp3) is 0.111. The average Bonchev–Trinajstić information content (AvgIpc) is 3.16. The minimum atomic E-state index is -0.425. The molecule has 32 heavy (non-hydrogen) atoms. The van der Waals surface area contributed by atoms with E-state index in [-0.39, 0.29) is 5.57 Å². The Labute approximate surface area is 192 Å². The van der Waals surface area contributed by atoms with Crippen molar-refractivity contribution in [2.24, 2.45) is 0 Å². The molecule has 0 fully saturated rings. The van der Waals surface area contributed by atoms with Gasteiger partial charge in [0.1, 0.15) is 11.6 Å². The third-order valence-corrected chi connectivity index (χ3v) is 5.62. The van der Waals surface area contributed by atoms with Crippen molar-refractivity contribution in [1.82, 2.24) is 4.57 Å². The molecular formula is C27H22ClN3O. The highest BCUT2D eigenvalue weighted by molar-refractivity contribution is 6.30. The van der Waals surface area contributed by atoms with Gasteiger partial charge < -0.3 is 9.88 Å². The molecule has 0 unspecified atom stereocenters. The maximum absolute atomic E-state index is 12.7. The summed E-state index contributed by atoms with van der Waals surface area (Å²) < 4.78 is 2.11. The summed E-state index contributed by atoms with van der Waals surface area (Å²) in [6.45, 7) is 2.73. The Morgan fingerprint density at radius 3 is 2.41 bits per heavy atom. The first-order valence-electron chi connectivity index (χ1n) is 10.4. The van der Waals surface area contributed by atoms with E-state index >= 15 is 0 Å². The number of halogens is 1. The normalized spacial score (nSPS) is 11.3. The molecule has 0 atom stereocenters. The summed E-state index contributed by atoms with van der Waals surface area (Å²) in [7, 11) is 0. The second-order valence-electron chi connectivity index (χ2n) is 7.53. The molecule has 1 N–H and O–H groups in total. The quantitative estimate of drug-likeness (QED) is 0.277. The summed E-state index contributed by atoms with van der Waals surface area (Å²) in [5.41, 5.74) is 4.87. The number of amides is 1. The minimum Gasteiger partial charge on any atom is -0.342 e. The highest BCUT2D eigenvalue weighted by Gasteiger charge is 2.13. The molecule has 0 aliphatic carbocycles. The highest BCUT2D eigenvalue weighted by atomic mass is 35.5. The van der Waals surface area contributed by atoms with Crippen molar-refractivity contribution < 1.29 is 4.79 Å². The molecule has 5 heteroatoms. The smallest absolute Gasteiger partial charge is 0.266 e. The number of aromatic nitrogens is 1. The summed E-state index contributed by atoms with van der Waals surface area (Å²) in [5.74, 6) is -0.425. The number of rotatable bonds is 6. The molecule has 0 saturated heterocycles. The maximum Gasteiger partial charge on any atom is 0.266 e. The number of fused-ring (bicyclic) bond motifs is 1. The maximum atomic E-state index is 12.7. The molecule has 0 spiro atoms. The Balaban J connectivity index is 1.64. The number of anilines is 1. The number of nitrogens with one attached hydrogen (secondary N) is 1. The number of carbonyl (C=O) groups excluding carboxylic acids is 1. The van der Waals surface area contributed by atoms with Gasteiger partial charge in [-0.05, 0) is 54.0 Å². The summed E-state index contributed by atoms with van der Waals surface area (Å²) in [6, 6.07) is 25.4. The average molecular weight is 440 g/mol. The van der Waals surface area contributed by atoms with Gasteiger partial charge in [0.15, 0.2) is 0 Å². The molecule has 158 valence electrons. The second kappa shape index (κ2) is 9.55. The zero-order valence-corrected chi connectivity index (χ0v) is 18.4. The van der Waals surface area contributed by atoms with Gasteiger partial charge >= 0.3 is 0 Å². The zero-order valence-electron chi connectivity index (χ0n) is 17.7. The molecule has 0 aliphatic rings. The third-order valence-electron chi connectivity index (χ3n) is 5.37. The van der Waals surface area contributed by atoms with Crippen molar-refractivity contribution in [2.45, 2.75) is 19.9 Å². The van der Waals surface area contributed by atoms with Crippen LogP contribution in [-0.4, -0.2) is 10.5 Å². The molecule has 0 bridgehead atoms. The fourth-order valence-corrected chi connectivity index (χ4v) is 3.76. The van der Waals surface area contributed by atoms with Gasteiger partial charge in [0.25, 0.3) is 5.91 Å². The van der Waals surface area contributed by atoms with Crippen LogP contribution in [0.25, 0.3) is 17.0 Å². The van der Waals surface area contributed by atoms with E-state index in [0.29, 0.717) is 17.3 Å². The van der Waals surface area contributed by atoms with Gasteiger partial charge in [-0.15, -0.1) is 0 Å². The van der Waals surface area contributed by atoms with E-state index < -0.39 is 5.91 Å². The Morgan fingerprint density at radius 2 is 1.72 bits per heavy atom. The Hall–Kier alpha value is -3.81. The van der Waals surface area contributed by atoms with Crippen LogP contribution in [-0.2, 0) is 17.8 Å². The molecule has 1 heterocycles. The van der Waals surface area contributed by atoms with Gasteiger partial charge in [-0.25, -0.2) is 0 Å². The van der Waals surface area contributed by atoms with Crippen LogP contribution >= 0.6 is 11.6 Å². The lowest BCUT2D eigenvalue weighted by molar-refractivity contribution is -0.112. The van der Waals surface area contributed by atoms with Crippen LogP contribution in [0.15, 0.2) is 84.6 Å². The van der Waals surface area contributed by atoms with E-state index in [1.54, 1.807) is 6.08 Å². The number of para-hydroxylation sites is 1. The van der Waals surface area contributed by atoms with Gasteiger partial charge in [0, 0.05) is 39.9 Å². The zero-order chi connectivity index (χ0) is 22.5. The Bertz CT molecular complexity index is 1330. The topological polar surface area (TPSA) is 57.8 Å². The van der Waals surface area contributed by atoms with E-state index in [0.717, 1.165) is 28.5 Å². The predicted octanol–water partition coefficient (Wildman–Crippen LogP) is 6.45. The number of carbonyl (C=O) groups is 1. The van der Waals surface area contributed by atoms with Gasteiger partial charge in [-0.1, -0.05) is 61.0 Å². The van der Waals surface area contributed by atoms with Crippen LogP contribution in [0, 0.1) is 11.3 Å². The van der Waals surface area contributed by atoms with E-state index in [1.807, 2.05) is 85.1 Å². The van der Waals surface area contributed by atoms with Gasteiger partial charge in [0.2, 0.25) is 0 Å². The third kappa shape index (κ3) is 4.74. The van der Waals surface area contributed by atoms with Crippen molar-refractivity contribution in [2.75, 3.05) is 5.32 Å². The highest BCUT2D eigenvalue weighted by Crippen LogP contribution is 2.25. The van der Waals surface area contributed by atoms with Crippen LogP contribution in [0.2, 0.25) is 5.02 Å². The fourth-order valence-electron chi connectivity index (χ4n) is 3.63. The van der Waals surface area contributed by atoms with Crippen molar-refractivity contribution in [3.8, 4) is 6.07 Å². The van der Waals surface area contributed by atoms with Crippen molar-refractivity contribution >= 4 is 40.2 Å².